The number of pyridine rings is 2. The molecule has 6 rings (SSSR count). The van der Waals surface area contributed by atoms with Gasteiger partial charge in [0, 0.05) is 41.9 Å². The van der Waals surface area contributed by atoms with Gasteiger partial charge in [-0.05, 0) is 48.7 Å². The molecule has 0 amide bonds. The summed E-state index contributed by atoms with van der Waals surface area (Å²) in [5.41, 5.74) is 13.4. The normalized spacial score (nSPS) is 14.5. The molecule has 2 aromatic carbocycles. The summed E-state index contributed by atoms with van der Waals surface area (Å²) in [6, 6.07) is 23.3. The fourth-order valence-electron chi connectivity index (χ4n) is 5.24. The van der Waals surface area contributed by atoms with Crippen molar-refractivity contribution in [2.75, 3.05) is 20.3 Å². The van der Waals surface area contributed by atoms with E-state index in [0.29, 0.717) is 13.2 Å². The molecule has 192 valence electrons. The molecule has 3 heterocycles. The van der Waals surface area contributed by atoms with Gasteiger partial charge in [-0.15, -0.1) is 10.2 Å². The van der Waals surface area contributed by atoms with Crippen LogP contribution in [0.25, 0.3) is 38.9 Å². The number of benzene rings is 2. The van der Waals surface area contributed by atoms with Crippen molar-refractivity contribution in [1.82, 2.24) is 24.5 Å². The monoisotopic (exact) mass is 504 g/mol. The predicted molar refractivity (Wildman–Crippen MR) is 151 cm³/mol. The Morgan fingerprint density at radius 2 is 1.84 bits per heavy atom. The minimum atomic E-state index is -0.181. The lowest BCUT2D eigenvalue weighted by atomic mass is 9.72. The van der Waals surface area contributed by atoms with Gasteiger partial charge >= 0.3 is 0 Å². The molecule has 5 aromatic rings. The first-order valence-electron chi connectivity index (χ1n) is 13.1. The fourth-order valence-corrected chi connectivity index (χ4v) is 5.24. The Labute approximate surface area is 222 Å². The van der Waals surface area contributed by atoms with Crippen molar-refractivity contribution in [3.8, 4) is 22.4 Å². The van der Waals surface area contributed by atoms with Gasteiger partial charge in [0.05, 0.1) is 24.4 Å². The van der Waals surface area contributed by atoms with E-state index in [1.54, 1.807) is 7.11 Å². The summed E-state index contributed by atoms with van der Waals surface area (Å²) < 4.78 is 7.26. The first-order valence-corrected chi connectivity index (χ1v) is 13.1. The first-order chi connectivity index (χ1) is 18.6. The standard InChI is InChI=1S/C31H32N6O/c1-3-36(18-19-38-2)21-28-34-35-30-26-20-25(22-8-5-4-6-9-22)29(33-27(26)14-17-37(28)30)23-10-12-24(13-11-23)31(32)15-7-16-31/h3-6,8-14,17,20H,1,7,15-16,18-19,21,32H2,2H3. The van der Waals surface area contributed by atoms with Crippen LogP contribution < -0.4 is 5.73 Å². The average Bonchev–Trinajstić information content (AvgIpc) is 3.36. The lowest BCUT2D eigenvalue weighted by Gasteiger charge is -2.38. The number of ether oxygens (including phenoxy) is 1. The highest BCUT2D eigenvalue weighted by molar-refractivity contribution is 5.98. The van der Waals surface area contributed by atoms with Crippen molar-refractivity contribution in [1.29, 1.82) is 0 Å². The molecule has 0 bridgehead atoms. The number of rotatable bonds is 9. The van der Waals surface area contributed by atoms with Crippen molar-refractivity contribution in [3.63, 3.8) is 0 Å². The van der Waals surface area contributed by atoms with Crippen LogP contribution in [0.2, 0.25) is 0 Å². The Morgan fingerprint density at radius 3 is 2.53 bits per heavy atom. The van der Waals surface area contributed by atoms with Crippen LogP contribution in [-0.2, 0) is 16.8 Å². The third-order valence-corrected chi connectivity index (χ3v) is 7.69. The molecule has 38 heavy (non-hydrogen) atoms. The molecule has 7 nitrogen and oxygen atoms in total. The van der Waals surface area contributed by atoms with E-state index in [1.807, 2.05) is 28.9 Å². The number of hydrogen-bond acceptors (Lipinski definition) is 6. The molecule has 0 unspecified atom stereocenters. The Kier molecular flexibility index (Phi) is 6.39. The van der Waals surface area contributed by atoms with E-state index in [1.165, 1.54) is 12.0 Å². The van der Waals surface area contributed by atoms with Crippen LogP contribution in [0, 0.1) is 0 Å². The lowest BCUT2D eigenvalue weighted by molar-refractivity contribution is 0.166. The summed E-state index contributed by atoms with van der Waals surface area (Å²) in [5, 5.41) is 10.0. The molecule has 0 atom stereocenters. The van der Waals surface area contributed by atoms with E-state index >= 15 is 0 Å². The molecule has 0 radical (unpaired) electrons. The van der Waals surface area contributed by atoms with Crippen molar-refractivity contribution in [3.05, 3.63) is 97.1 Å². The Bertz CT molecular complexity index is 1590. The van der Waals surface area contributed by atoms with E-state index in [0.717, 1.165) is 64.1 Å². The second kappa shape index (κ2) is 10.0. The SMILES string of the molecule is C=CN(CCOC)Cc1nnc2c3cc(-c4ccccc4)c(-c4ccc(C5(N)CCC5)cc4)nc3ccn12. The molecule has 1 aliphatic carbocycles. The van der Waals surface area contributed by atoms with Crippen LogP contribution in [0.15, 0.2) is 85.7 Å². The average molecular weight is 505 g/mol. The molecule has 2 N–H and O–H groups in total. The number of aromatic nitrogens is 4. The van der Waals surface area contributed by atoms with Gasteiger partial charge in [0.1, 0.15) is 0 Å². The maximum Gasteiger partial charge on any atom is 0.170 e. The third kappa shape index (κ3) is 4.34. The Balaban J connectivity index is 1.46. The van der Waals surface area contributed by atoms with Crippen LogP contribution in [0.4, 0.5) is 0 Å². The molecular weight excluding hydrogens is 472 g/mol. The van der Waals surface area contributed by atoms with Gasteiger partial charge < -0.3 is 15.4 Å². The van der Waals surface area contributed by atoms with Crippen molar-refractivity contribution in [2.45, 2.75) is 31.3 Å². The van der Waals surface area contributed by atoms with Crippen LogP contribution >= 0.6 is 0 Å². The van der Waals surface area contributed by atoms with E-state index in [2.05, 4.69) is 76.3 Å². The van der Waals surface area contributed by atoms with Gasteiger partial charge in [0.15, 0.2) is 11.5 Å². The fraction of sp³-hybridized carbons (Fsp3) is 0.258. The third-order valence-electron chi connectivity index (χ3n) is 7.69. The quantitative estimate of drug-likeness (QED) is 0.284. The summed E-state index contributed by atoms with van der Waals surface area (Å²) in [5.74, 6) is 0.838. The largest absolute Gasteiger partial charge is 0.383 e. The van der Waals surface area contributed by atoms with Crippen molar-refractivity contribution in [2.24, 2.45) is 5.73 Å². The van der Waals surface area contributed by atoms with E-state index < -0.39 is 0 Å². The number of hydrogen-bond donors (Lipinski definition) is 1. The topological polar surface area (TPSA) is 81.6 Å². The summed E-state index contributed by atoms with van der Waals surface area (Å²) in [7, 11) is 1.70. The van der Waals surface area contributed by atoms with E-state index in [9.17, 15) is 0 Å². The molecule has 0 saturated heterocycles. The van der Waals surface area contributed by atoms with Gasteiger partial charge in [0.2, 0.25) is 0 Å². The molecular formula is C31H32N6O. The number of nitrogens with zero attached hydrogens (tertiary/aromatic N) is 5. The molecule has 1 saturated carbocycles. The molecule has 0 spiro atoms. The first kappa shape index (κ1) is 24.3. The minimum absolute atomic E-state index is 0.181. The van der Waals surface area contributed by atoms with Gasteiger partial charge in [-0.25, -0.2) is 4.98 Å². The van der Waals surface area contributed by atoms with E-state index in [-0.39, 0.29) is 5.54 Å². The van der Waals surface area contributed by atoms with Crippen molar-refractivity contribution < 1.29 is 4.74 Å². The van der Waals surface area contributed by atoms with Gasteiger partial charge in [-0.2, -0.15) is 0 Å². The second-order valence-corrected chi connectivity index (χ2v) is 10.0. The zero-order valence-electron chi connectivity index (χ0n) is 21.7. The number of nitrogens with two attached hydrogens (primary N) is 1. The summed E-state index contributed by atoms with van der Waals surface area (Å²) in [4.78, 5) is 7.24. The van der Waals surface area contributed by atoms with Crippen LogP contribution in [0.5, 0.6) is 0 Å². The van der Waals surface area contributed by atoms with E-state index in [4.69, 9.17) is 15.5 Å². The number of methoxy groups -OCH3 is 1. The van der Waals surface area contributed by atoms with Gasteiger partial charge in [0.25, 0.3) is 0 Å². The maximum atomic E-state index is 6.58. The lowest BCUT2D eigenvalue weighted by Crippen LogP contribution is -2.43. The highest BCUT2D eigenvalue weighted by Gasteiger charge is 2.34. The molecule has 7 heteroatoms. The maximum absolute atomic E-state index is 6.58. The predicted octanol–water partition coefficient (Wildman–Crippen LogP) is 5.54. The zero-order chi connectivity index (χ0) is 26.1. The highest BCUT2D eigenvalue weighted by Crippen LogP contribution is 2.40. The Hall–Kier alpha value is -4.07. The second-order valence-electron chi connectivity index (χ2n) is 10.0. The zero-order valence-corrected chi connectivity index (χ0v) is 21.7. The molecule has 1 fully saturated rings. The summed E-state index contributed by atoms with van der Waals surface area (Å²) in [6.45, 7) is 5.87. The number of fused-ring (bicyclic) bond motifs is 3. The summed E-state index contributed by atoms with van der Waals surface area (Å²) >= 11 is 0. The van der Waals surface area contributed by atoms with Gasteiger partial charge in [-0.3, -0.25) is 4.40 Å². The Morgan fingerprint density at radius 1 is 1.05 bits per heavy atom. The molecule has 3 aromatic heterocycles. The van der Waals surface area contributed by atoms with Crippen LogP contribution in [-0.4, -0.2) is 44.7 Å². The van der Waals surface area contributed by atoms with Crippen LogP contribution in [0.1, 0.15) is 30.7 Å². The smallest absolute Gasteiger partial charge is 0.170 e. The van der Waals surface area contributed by atoms with Gasteiger partial charge in [-0.1, -0.05) is 61.2 Å². The summed E-state index contributed by atoms with van der Waals surface area (Å²) in [6.07, 6.45) is 7.10. The minimum Gasteiger partial charge on any atom is -0.383 e. The van der Waals surface area contributed by atoms with Crippen LogP contribution in [0.3, 0.4) is 0 Å². The van der Waals surface area contributed by atoms with Crippen molar-refractivity contribution >= 4 is 16.6 Å². The molecule has 0 aliphatic heterocycles. The highest BCUT2D eigenvalue weighted by atomic mass is 16.5. The molecule has 1 aliphatic rings.